The van der Waals surface area contributed by atoms with Gasteiger partial charge in [0.05, 0.1) is 0 Å². The Morgan fingerprint density at radius 2 is 2.25 bits per heavy atom. The average Bonchev–Trinajstić information content (AvgIpc) is 3.08. The highest BCUT2D eigenvalue weighted by molar-refractivity contribution is 5.93. The van der Waals surface area contributed by atoms with E-state index in [9.17, 15) is 4.79 Å². The number of anilines is 1. The van der Waals surface area contributed by atoms with Crippen molar-refractivity contribution in [3.63, 3.8) is 0 Å². The molecule has 3 unspecified atom stereocenters. The fourth-order valence-corrected chi connectivity index (χ4v) is 3.62. The van der Waals surface area contributed by atoms with E-state index in [2.05, 4.69) is 17.2 Å². The first-order valence-corrected chi connectivity index (χ1v) is 7.27. The Balaban J connectivity index is 1.67. The zero-order valence-corrected chi connectivity index (χ0v) is 11.4. The smallest absolute Gasteiger partial charge is 0.227 e. The summed E-state index contributed by atoms with van der Waals surface area (Å²) in [6.07, 6.45) is 4.81. The predicted molar refractivity (Wildman–Crippen MR) is 78.0 cm³/mol. The Morgan fingerprint density at radius 1 is 1.35 bits per heavy atom. The lowest BCUT2D eigenvalue weighted by Crippen LogP contribution is -2.27. The van der Waals surface area contributed by atoms with Crippen molar-refractivity contribution in [2.45, 2.75) is 25.7 Å². The number of aliphatic hydroxyl groups excluding tert-OH is 1. The monoisotopic (exact) mass is 269 g/mol. The average molecular weight is 269 g/mol. The fourth-order valence-electron chi connectivity index (χ4n) is 3.62. The summed E-state index contributed by atoms with van der Waals surface area (Å²) in [7, 11) is 0. The summed E-state index contributed by atoms with van der Waals surface area (Å²) in [5.74, 6) is 7.19. The van der Waals surface area contributed by atoms with Gasteiger partial charge in [0.2, 0.25) is 5.91 Å². The molecule has 2 aliphatic rings. The molecule has 0 heterocycles. The van der Waals surface area contributed by atoms with Gasteiger partial charge in [0.15, 0.2) is 0 Å². The highest BCUT2D eigenvalue weighted by Gasteiger charge is 2.42. The second kappa shape index (κ2) is 5.68. The lowest BCUT2D eigenvalue weighted by atomic mass is 9.88. The number of hydrogen-bond acceptors (Lipinski definition) is 2. The van der Waals surface area contributed by atoms with Crippen LogP contribution in [-0.4, -0.2) is 17.6 Å². The second-order valence-corrected chi connectivity index (χ2v) is 5.81. The molecule has 1 aromatic rings. The Hall–Kier alpha value is -1.79. The third-order valence-corrected chi connectivity index (χ3v) is 4.52. The number of carbonyl (C=O) groups is 1. The first kappa shape index (κ1) is 13.2. The van der Waals surface area contributed by atoms with E-state index in [4.69, 9.17) is 5.11 Å². The molecule has 3 nitrogen and oxygen atoms in total. The summed E-state index contributed by atoms with van der Waals surface area (Å²) in [5.41, 5.74) is 1.60. The molecule has 3 atom stereocenters. The Bertz CT molecular complexity index is 570. The molecule has 3 heteroatoms. The third-order valence-electron chi connectivity index (χ3n) is 4.52. The van der Waals surface area contributed by atoms with Crippen molar-refractivity contribution in [2.24, 2.45) is 17.8 Å². The van der Waals surface area contributed by atoms with Gasteiger partial charge in [-0.25, -0.2) is 0 Å². The van der Waals surface area contributed by atoms with Crippen LogP contribution in [0.2, 0.25) is 0 Å². The molecule has 2 saturated carbocycles. The molecule has 0 spiro atoms. The largest absolute Gasteiger partial charge is 0.384 e. The van der Waals surface area contributed by atoms with E-state index in [0.29, 0.717) is 5.92 Å². The molecule has 1 amide bonds. The number of carbonyl (C=O) groups excluding carboxylic acids is 1. The highest BCUT2D eigenvalue weighted by atomic mass is 16.2. The van der Waals surface area contributed by atoms with E-state index in [1.54, 1.807) is 0 Å². The summed E-state index contributed by atoms with van der Waals surface area (Å²) in [6.45, 7) is -0.151. The van der Waals surface area contributed by atoms with Crippen LogP contribution in [0.15, 0.2) is 24.3 Å². The van der Waals surface area contributed by atoms with E-state index < -0.39 is 0 Å². The van der Waals surface area contributed by atoms with Gasteiger partial charge in [-0.3, -0.25) is 4.79 Å². The highest BCUT2D eigenvalue weighted by Crippen LogP contribution is 2.48. The number of amides is 1. The second-order valence-electron chi connectivity index (χ2n) is 5.81. The first-order chi connectivity index (χ1) is 9.76. The molecule has 0 saturated heterocycles. The normalized spacial score (nSPS) is 26.9. The van der Waals surface area contributed by atoms with Crippen LogP contribution in [0, 0.1) is 29.6 Å². The van der Waals surface area contributed by atoms with Gasteiger partial charge in [-0.2, -0.15) is 0 Å². The number of rotatable bonds is 2. The molecule has 20 heavy (non-hydrogen) atoms. The van der Waals surface area contributed by atoms with Crippen LogP contribution in [0.5, 0.6) is 0 Å². The predicted octanol–water partition coefficient (Wildman–Crippen LogP) is 2.41. The van der Waals surface area contributed by atoms with Gasteiger partial charge < -0.3 is 10.4 Å². The van der Waals surface area contributed by atoms with Crippen LogP contribution in [-0.2, 0) is 4.79 Å². The van der Waals surface area contributed by atoms with Crippen molar-refractivity contribution in [3.05, 3.63) is 29.8 Å². The van der Waals surface area contributed by atoms with Gasteiger partial charge in [-0.05, 0) is 49.3 Å². The van der Waals surface area contributed by atoms with Crippen LogP contribution in [0.4, 0.5) is 5.69 Å². The van der Waals surface area contributed by atoms with Crippen molar-refractivity contribution < 1.29 is 9.90 Å². The van der Waals surface area contributed by atoms with Gasteiger partial charge in [0.1, 0.15) is 6.61 Å². The van der Waals surface area contributed by atoms with Crippen LogP contribution < -0.4 is 5.32 Å². The minimum absolute atomic E-state index is 0.151. The Labute approximate surface area is 119 Å². The quantitative estimate of drug-likeness (QED) is 0.810. The summed E-state index contributed by atoms with van der Waals surface area (Å²) < 4.78 is 0. The molecule has 0 aliphatic heterocycles. The molecular weight excluding hydrogens is 250 g/mol. The lowest BCUT2D eigenvalue weighted by molar-refractivity contribution is -0.121. The van der Waals surface area contributed by atoms with Gasteiger partial charge in [-0.15, -0.1) is 0 Å². The van der Waals surface area contributed by atoms with Crippen LogP contribution in [0.3, 0.4) is 0 Å². The van der Waals surface area contributed by atoms with Gasteiger partial charge >= 0.3 is 0 Å². The molecule has 2 fully saturated rings. The van der Waals surface area contributed by atoms with E-state index in [0.717, 1.165) is 23.6 Å². The number of fused-ring (bicyclic) bond motifs is 2. The van der Waals surface area contributed by atoms with E-state index >= 15 is 0 Å². The lowest BCUT2D eigenvalue weighted by Gasteiger charge is -2.20. The minimum Gasteiger partial charge on any atom is -0.384 e. The zero-order chi connectivity index (χ0) is 13.9. The first-order valence-electron chi connectivity index (χ1n) is 7.27. The van der Waals surface area contributed by atoms with Crippen molar-refractivity contribution in [2.75, 3.05) is 11.9 Å². The molecule has 0 radical (unpaired) electrons. The van der Waals surface area contributed by atoms with Crippen LogP contribution >= 0.6 is 0 Å². The Kier molecular flexibility index (Phi) is 3.75. The molecular formula is C17H19NO2. The molecule has 104 valence electrons. The number of aliphatic hydroxyl groups is 1. The number of hydrogen-bond donors (Lipinski definition) is 2. The van der Waals surface area contributed by atoms with Gasteiger partial charge in [0.25, 0.3) is 0 Å². The standard InChI is InChI=1S/C17H19NO2/c19-8-2-4-12-3-1-5-15(10-12)18-17(20)16-11-13-6-7-14(16)9-13/h1,3,5,10,13-14,16,19H,6-9,11H2,(H,18,20). The summed E-state index contributed by atoms with van der Waals surface area (Å²) >= 11 is 0. The maximum absolute atomic E-state index is 12.3. The van der Waals surface area contributed by atoms with E-state index in [1.807, 2.05) is 24.3 Å². The van der Waals surface area contributed by atoms with Crippen molar-refractivity contribution >= 4 is 11.6 Å². The van der Waals surface area contributed by atoms with E-state index in [1.165, 1.54) is 19.3 Å². The molecule has 3 rings (SSSR count). The SMILES string of the molecule is O=C(Nc1cccc(C#CCO)c1)C1CC2CCC1C2. The third kappa shape index (κ3) is 2.71. The Morgan fingerprint density at radius 3 is 2.95 bits per heavy atom. The maximum Gasteiger partial charge on any atom is 0.227 e. The number of benzene rings is 1. The molecule has 2 bridgehead atoms. The fraction of sp³-hybridized carbons (Fsp3) is 0.471. The molecule has 2 aliphatic carbocycles. The molecule has 2 N–H and O–H groups in total. The van der Waals surface area contributed by atoms with Crippen molar-refractivity contribution in [1.29, 1.82) is 0 Å². The number of nitrogens with one attached hydrogen (secondary N) is 1. The molecule has 0 aromatic heterocycles. The van der Waals surface area contributed by atoms with Gasteiger partial charge in [0, 0.05) is 17.2 Å². The van der Waals surface area contributed by atoms with Crippen LogP contribution in [0.25, 0.3) is 0 Å². The zero-order valence-electron chi connectivity index (χ0n) is 11.4. The summed E-state index contributed by atoms with van der Waals surface area (Å²) in [5, 5.41) is 11.7. The van der Waals surface area contributed by atoms with Crippen LogP contribution in [0.1, 0.15) is 31.2 Å². The summed E-state index contributed by atoms with van der Waals surface area (Å²) in [4.78, 5) is 12.3. The molecule has 1 aromatic carbocycles. The van der Waals surface area contributed by atoms with Crippen molar-refractivity contribution in [3.8, 4) is 11.8 Å². The summed E-state index contributed by atoms with van der Waals surface area (Å²) in [6, 6.07) is 7.48. The minimum atomic E-state index is -0.151. The van der Waals surface area contributed by atoms with Crippen molar-refractivity contribution in [1.82, 2.24) is 0 Å². The van der Waals surface area contributed by atoms with Gasteiger partial charge in [-0.1, -0.05) is 24.3 Å². The maximum atomic E-state index is 12.3. The van der Waals surface area contributed by atoms with E-state index in [-0.39, 0.29) is 18.4 Å². The topological polar surface area (TPSA) is 49.3 Å².